The van der Waals surface area contributed by atoms with Crippen molar-refractivity contribution in [1.29, 1.82) is 0 Å². The molecule has 8 heteroatoms. The highest BCUT2D eigenvalue weighted by Gasteiger charge is 2.35. The van der Waals surface area contributed by atoms with E-state index in [1.807, 2.05) is 30.0 Å². The standard InChI is InChI=1S/C16H16N4OS3/c1-2-14(21)20(10-7-8-10)15-18-19-16(24-15)22-9-13-17-11-5-3-4-6-12(11)23-13/h3-6,10H,2,7-9H2,1H3. The second-order valence-electron chi connectivity index (χ2n) is 5.56. The maximum Gasteiger partial charge on any atom is 0.228 e. The maximum absolute atomic E-state index is 12.1. The highest BCUT2D eigenvalue weighted by atomic mass is 32.2. The minimum Gasteiger partial charge on any atom is -0.284 e. The lowest BCUT2D eigenvalue weighted by Gasteiger charge is -2.17. The average Bonchev–Trinajstić information content (AvgIpc) is 3.17. The first-order chi connectivity index (χ1) is 11.7. The molecular weight excluding hydrogens is 360 g/mol. The third-order valence-electron chi connectivity index (χ3n) is 3.74. The molecule has 1 fully saturated rings. The molecule has 2 heterocycles. The highest BCUT2D eigenvalue weighted by Crippen LogP contribution is 2.37. The van der Waals surface area contributed by atoms with E-state index in [9.17, 15) is 4.79 Å². The molecule has 124 valence electrons. The van der Waals surface area contributed by atoms with Crippen LogP contribution in [0.1, 0.15) is 31.2 Å². The third kappa shape index (κ3) is 3.31. The number of carbonyl (C=O) groups excluding carboxylic acids is 1. The lowest BCUT2D eigenvalue weighted by atomic mass is 10.3. The van der Waals surface area contributed by atoms with Gasteiger partial charge in [-0.15, -0.1) is 21.5 Å². The van der Waals surface area contributed by atoms with E-state index in [2.05, 4.69) is 21.2 Å². The maximum atomic E-state index is 12.1. The molecule has 0 radical (unpaired) electrons. The topological polar surface area (TPSA) is 59.0 Å². The van der Waals surface area contributed by atoms with Crippen LogP contribution in [0.5, 0.6) is 0 Å². The minimum absolute atomic E-state index is 0.136. The van der Waals surface area contributed by atoms with E-state index in [0.29, 0.717) is 12.5 Å². The number of thiazole rings is 1. The number of hydrogen-bond donors (Lipinski definition) is 0. The lowest BCUT2D eigenvalue weighted by molar-refractivity contribution is -0.118. The summed E-state index contributed by atoms with van der Waals surface area (Å²) in [5, 5.41) is 10.3. The first-order valence-corrected chi connectivity index (χ1v) is 10.5. The Morgan fingerprint density at radius 1 is 1.29 bits per heavy atom. The summed E-state index contributed by atoms with van der Waals surface area (Å²) in [6.07, 6.45) is 2.64. The Kier molecular flexibility index (Phi) is 4.51. The van der Waals surface area contributed by atoms with Gasteiger partial charge < -0.3 is 0 Å². The molecule has 1 saturated carbocycles. The molecule has 0 atom stereocenters. The van der Waals surface area contributed by atoms with E-state index in [4.69, 9.17) is 0 Å². The number of aromatic nitrogens is 3. The normalized spacial score (nSPS) is 14.2. The summed E-state index contributed by atoms with van der Waals surface area (Å²) in [7, 11) is 0. The zero-order valence-electron chi connectivity index (χ0n) is 13.1. The SMILES string of the molecule is CCC(=O)N(c1nnc(SCc2nc3ccccc3s2)s1)C1CC1. The molecule has 24 heavy (non-hydrogen) atoms. The molecule has 1 aromatic carbocycles. The zero-order valence-corrected chi connectivity index (χ0v) is 15.6. The van der Waals surface area contributed by atoms with E-state index < -0.39 is 0 Å². The van der Waals surface area contributed by atoms with Gasteiger partial charge in [0.1, 0.15) is 5.01 Å². The summed E-state index contributed by atoms with van der Waals surface area (Å²) in [4.78, 5) is 18.6. The quantitative estimate of drug-likeness (QED) is 0.473. The van der Waals surface area contributed by atoms with Crippen molar-refractivity contribution in [3.05, 3.63) is 29.3 Å². The van der Waals surface area contributed by atoms with Crippen LogP contribution in [0.25, 0.3) is 10.2 Å². The Hall–Kier alpha value is -1.51. The molecule has 0 unspecified atom stereocenters. The molecule has 2 aromatic heterocycles. The van der Waals surface area contributed by atoms with E-state index in [1.54, 1.807) is 23.1 Å². The van der Waals surface area contributed by atoms with Gasteiger partial charge in [0.05, 0.1) is 16.0 Å². The summed E-state index contributed by atoms with van der Waals surface area (Å²) < 4.78 is 2.10. The van der Waals surface area contributed by atoms with Crippen molar-refractivity contribution in [3.63, 3.8) is 0 Å². The first-order valence-electron chi connectivity index (χ1n) is 7.87. The Labute approximate surface area is 152 Å². The third-order valence-corrected chi connectivity index (χ3v) is 7.03. The fourth-order valence-electron chi connectivity index (χ4n) is 2.43. The Morgan fingerprint density at radius 3 is 2.88 bits per heavy atom. The fraction of sp³-hybridized carbons (Fsp3) is 0.375. The molecule has 3 aromatic rings. The predicted octanol–water partition coefficient (Wildman–Crippen LogP) is 4.35. The van der Waals surface area contributed by atoms with Gasteiger partial charge in [0.2, 0.25) is 11.0 Å². The van der Waals surface area contributed by atoms with Crippen molar-refractivity contribution in [2.45, 2.75) is 42.3 Å². The summed E-state index contributed by atoms with van der Waals surface area (Å²) in [5.74, 6) is 0.912. The second-order valence-corrected chi connectivity index (χ2v) is 8.86. The number of hydrogen-bond acceptors (Lipinski definition) is 7. The largest absolute Gasteiger partial charge is 0.284 e. The molecule has 1 aliphatic carbocycles. The molecule has 1 aliphatic rings. The van der Waals surface area contributed by atoms with E-state index in [-0.39, 0.29) is 5.91 Å². The molecule has 0 spiro atoms. The van der Waals surface area contributed by atoms with Crippen molar-refractivity contribution in [1.82, 2.24) is 15.2 Å². The second kappa shape index (κ2) is 6.78. The summed E-state index contributed by atoms with van der Waals surface area (Å²) in [6, 6.07) is 8.49. The summed E-state index contributed by atoms with van der Waals surface area (Å²) in [5.41, 5.74) is 1.05. The number of nitrogens with zero attached hydrogens (tertiary/aromatic N) is 4. The number of carbonyl (C=O) groups is 1. The van der Waals surface area contributed by atoms with Crippen LogP contribution < -0.4 is 4.90 Å². The van der Waals surface area contributed by atoms with E-state index in [0.717, 1.165) is 38.6 Å². The van der Waals surface area contributed by atoms with Gasteiger partial charge in [-0.25, -0.2) is 4.98 Å². The van der Waals surface area contributed by atoms with Crippen LogP contribution in [0.15, 0.2) is 28.6 Å². The van der Waals surface area contributed by atoms with E-state index in [1.165, 1.54) is 16.0 Å². The van der Waals surface area contributed by atoms with Crippen LogP contribution in [0, 0.1) is 0 Å². The number of anilines is 1. The Morgan fingerprint density at radius 2 is 2.12 bits per heavy atom. The van der Waals surface area contributed by atoms with Crippen molar-refractivity contribution in [2.75, 3.05) is 4.90 Å². The Balaban J connectivity index is 1.45. The van der Waals surface area contributed by atoms with Crippen LogP contribution >= 0.6 is 34.4 Å². The molecular formula is C16H16N4OS3. The number of amides is 1. The summed E-state index contributed by atoms with van der Waals surface area (Å²) >= 11 is 4.85. The number of thioether (sulfide) groups is 1. The predicted molar refractivity (Wildman–Crippen MR) is 99.9 cm³/mol. The van der Waals surface area contributed by atoms with Crippen LogP contribution in [0.3, 0.4) is 0 Å². The van der Waals surface area contributed by atoms with Gasteiger partial charge in [-0.1, -0.05) is 42.2 Å². The smallest absolute Gasteiger partial charge is 0.228 e. The van der Waals surface area contributed by atoms with Gasteiger partial charge in [0, 0.05) is 12.5 Å². The molecule has 1 amide bonds. The average molecular weight is 377 g/mol. The van der Waals surface area contributed by atoms with Crippen LogP contribution in [0.2, 0.25) is 0 Å². The number of rotatable bonds is 6. The molecule has 4 rings (SSSR count). The van der Waals surface area contributed by atoms with Crippen LogP contribution in [-0.2, 0) is 10.5 Å². The molecule has 0 N–H and O–H groups in total. The van der Waals surface area contributed by atoms with Crippen molar-refractivity contribution < 1.29 is 4.79 Å². The fourth-order valence-corrected chi connectivity index (χ4v) is 5.32. The van der Waals surface area contributed by atoms with Crippen molar-refractivity contribution >= 4 is 55.7 Å². The van der Waals surface area contributed by atoms with Crippen LogP contribution in [0.4, 0.5) is 5.13 Å². The first kappa shape index (κ1) is 16.0. The van der Waals surface area contributed by atoms with Crippen molar-refractivity contribution in [2.24, 2.45) is 0 Å². The van der Waals surface area contributed by atoms with Gasteiger partial charge in [-0.05, 0) is 25.0 Å². The Bertz CT molecular complexity index is 838. The van der Waals surface area contributed by atoms with Gasteiger partial charge in [-0.3, -0.25) is 9.69 Å². The number of para-hydroxylation sites is 1. The molecule has 0 aliphatic heterocycles. The molecule has 5 nitrogen and oxygen atoms in total. The van der Waals surface area contributed by atoms with Gasteiger partial charge in [-0.2, -0.15) is 0 Å². The highest BCUT2D eigenvalue weighted by molar-refractivity contribution is 8.00. The molecule has 0 saturated heterocycles. The minimum atomic E-state index is 0.136. The molecule has 0 bridgehead atoms. The monoisotopic (exact) mass is 376 g/mol. The van der Waals surface area contributed by atoms with Gasteiger partial charge >= 0.3 is 0 Å². The van der Waals surface area contributed by atoms with Gasteiger partial charge in [0.15, 0.2) is 4.34 Å². The zero-order chi connectivity index (χ0) is 16.5. The lowest BCUT2D eigenvalue weighted by Crippen LogP contribution is -2.32. The number of benzene rings is 1. The number of fused-ring (bicyclic) bond motifs is 1. The van der Waals surface area contributed by atoms with E-state index >= 15 is 0 Å². The van der Waals surface area contributed by atoms with Crippen LogP contribution in [-0.4, -0.2) is 27.1 Å². The van der Waals surface area contributed by atoms with Gasteiger partial charge in [0.25, 0.3) is 0 Å². The summed E-state index contributed by atoms with van der Waals surface area (Å²) in [6.45, 7) is 1.89. The van der Waals surface area contributed by atoms with Crippen molar-refractivity contribution in [3.8, 4) is 0 Å².